The Balaban J connectivity index is 3.55. The normalized spacial score (nSPS) is 10.0. The van der Waals surface area contributed by atoms with E-state index in [-0.39, 0.29) is 13.2 Å². The minimum Gasteiger partial charge on any atom is -0.460 e. The standard InChI is InChI=1S/C10H16N2O3/c1-4-5-11-10(14)12-6-7-15-9(13)8(2)3/h5H,2,4,6-7H2,1,3H3,(H,12,14). The van der Waals surface area contributed by atoms with E-state index >= 15 is 0 Å². The number of amides is 2. The van der Waals surface area contributed by atoms with Crippen molar-refractivity contribution < 1.29 is 14.3 Å². The first-order chi connectivity index (χ1) is 7.07. The zero-order chi connectivity index (χ0) is 11.7. The van der Waals surface area contributed by atoms with Gasteiger partial charge in [0.1, 0.15) is 6.61 Å². The first-order valence-electron chi connectivity index (χ1n) is 4.71. The van der Waals surface area contributed by atoms with E-state index in [0.29, 0.717) is 12.0 Å². The third-order valence-electron chi connectivity index (χ3n) is 1.35. The Morgan fingerprint density at radius 1 is 1.53 bits per heavy atom. The molecule has 0 radical (unpaired) electrons. The highest BCUT2D eigenvalue weighted by atomic mass is 16.5. The van der Waals surface area contributed by atoms with Gasteiger partial charge in [-0.1, -0.05) is 13.5 Å². The molecule has 5 heteroatoms. The van der Waals surface area contributed by atoms with E-state index in [4.69, 9.17) is 4.74 Å². The van der Waals surface area contributed by atoms with Crippen molar-refractivity contribution in [2.45, 2.75) is 20.3 Å². The number of nitrogens with one attached hydrogen (secondary N) is 1. The molecule has 0 rings (SSSR count). The maximum Gasteiger partial charge on any atom is 0.340 e. The van der Waals surface area contributed by atoms with Crippen molar-refractivity contribution in [3.8, 4) is 0 Å². The van der Waals surface area contributed by atoms with Crippen LogP contribution in [0.15, 0.2) is 17.1 Å². The van der Waals surface area contributed by atoms with Crippen molar-refractivity contribution in [3.63, 3.8) is 0 Å². The quantitative estimate of drug-likeness (QED) is 0.323. The summed E-state index contributed by atoms with van der Waals surface area (Å²) in [7, 11) is 0. The summed E-state index contributed by atoms with van der Waals surface area (Å²) in [6.07, 6.45) is 2.22. The SMILES string of the molecule is C=C(C)C(=O)OCCNC(=O)N=CCC. The average Bonchev–Trinajstić information content (AvgIpc) is 2.20. The van der Waals surface area contributed by atoms with Crippen molar-refractivity contribution in [1.82, 2.24) is 5.32 Å². The van der Waals surface area contributed by atoms with Gasteiger partial charge in [0.2, 0.25) is 0 Å². The van der Waals surface area contributed by atoms with Gasteiger partial charge in [-0.05, 0) is 13.3 Å². The second-order valence-corrected chi connectivity index (χ2v) is 2.87. The van der Waals surface area contributed by atoms with Crippen LogP contribution in [0.4, 0.5) is 4.79 Å². The van der Waals surface area contributed by atoms with Crippen LogP contribution in [0.25, 0.3) is 0 Å². The summed E-state index contributed by atoms with van der Waals surface area (Å²) < 4.78 is 4.75. The van der Waals surface area contributed by atoms with E-state index in [0.717, 1.165) is 0 Å². The van der Waals surface area contributed by atoms with Crippen molar-refractivity contribution in [2.24, 2.45) is 4.99 Å². The van der Waals surface area contributed by atoms with Crippen LogP contribution in [0, 0.1) is 0 Å². The fraction of sp³-hybridized carbons (Fsp3) is 0.500. The Kier molecular flexibility index (Phi) is 6.88. The van der Waals surface area contributed by atoms with E-state index in [1.807, 2.05) is 6.92 Å². The molecule has 1 N–H and O–H groups in total. The molecule has 0 aromatic carbocycles. The highest BCUT2D eigenvalue weighted by Crippen LogP contribution is 1.90. The second-order valence-electron chi connectivity index (χ2n) is 2.87. The van der Waals surface area contributed by atoms with Gasteiger partial charge in [-0.3, -0.25) is 0 Å². The predicted octanol–water partition coefficient (Wildman–Crippen LogP) is 1.30. The summed E-state index contributed by atoms with van der Waals surface area (Å²) >= 11 is 0. The Bertz CT molecular complexity index is 272. The zero-order valence-corrected chi connectivity index (χ0v) is 9.08. The fourth-order valence-corrected chi connectivity index (χ4v) is 0.645. The van der Waals surface area contributed by atoms with Gasteiger partial charge in [0, 0.05) is 11.8 Å². The van der Waals surface area contributed by atoms with Gasteiger partial charge in [-0.25, -0.2) is 14.6 Å². The van der Waals surface area contributed by atoms with Gasteiger partial charge in [-0.15, -0.1) is 0 Å². The Labute approximate surface area is 89.2 Å². The molecule has 0 aromatic heterocycles. The number of carbonyl (C=O) groups is 2. The second kappa shape index (κ2) is 7.73. The molecule has 5 nitrogen and oxygen atoms in total. The minimum atomic E-state index is -0.457. The molecule has 0 bridgehead atoms. The number of urea groups is 1. The minimum absolute atomic E-state index is 0.124. The van der Waals surface area contributed by atoms with Crippen LogP contribution < -0.4 is 5.32 Å². The van der Waals surface area contributed by atoms with E-state index in [1.54, 1.807) is 6.92 Å². The lowest BCUT2D eigenvalue weighted by atomic mass is 10.4. The lowest BCUT2D eigenvalue weighted by Crippen LogP contribution is -2.25. The summed E-state index contributed by atoms with van der Waals surface area (Å²) in [5, 5.41) is 2.47. The molecule has 0 unspecified atom stereocenters. The van der Waals surface area contributed by atoms with Crippen molar-refractivity contribution in [3.05, 3.63) is 12.2 Å². The topological polar surface area (TPSA) is 67.8 Å². The Morgan fingerprint density at radius 2 is 2.20 bits per heavy atom. The first kappa shape index (κ1) is 13.4. The van der Waals surface area contributed by atoms with Gasteiger partial charge in [0.25, 0.3) is 0 Å². The molecule has 0 heterocycles. The van der Waals surface area contributed by atoms with Gasteiger partial charge in [0.15, 0.2) is 0 Å². The summed E-state index contributed by atoms with van der Waals surface area (Å²) in [5.41, 5.74) is 0.338. The monoisotopic (exact) mass is 212 g/mol. The molecular formula is C10H16N2O3. The van der Waals surface area contributed by atoms with E-state index < -0.39 is 12.0 Å². The largest absolute Gasteiger partial charge is 0.460 e. The summed E-state index contributed by atoms with van der Waals surface area (Å²) in [4.78, 5) is 25.4. The highest BCUT2D eigenvalue weighted by molar-refractivity contribution is 5.87. The lowest BCUT2D eigenvalue weighted by Gasteiger charge is -2.03. The van der Waals surface area contributed by atoms with Gasteiger partial charge in [0.05, 0.1) is 6.54 Å². The highest BCUT2D eigenvalue weighted by Gasteiger charge is 2.02. The molecule has 0 spiro atoms. The van der Waals surface area contributed by atoms with Crippen LogP contribution >= 0.6 is 0 Å². The third-order valence-corrected chi connectivity index (χ3v) is 1.35. The number of esters is 1. The molecule has 15 heavy (non-hydrogen) atoms. The molecule has 0 aliphatic heterocycles. The molecule has 0 atom stereocenters. The van der Waals surface area contributed by atoms with Crippen molar-refractivity contribution >= 4 is 18.2 Å². The number of carbonyl (C=O) groups excluding carboxylic acids is 2. The van der Waals surface area contributed by atoms with E-state index in [2.05, 4.69) is 16.9 Å². The third kappa shape index (κ3) is 7.42. The zero-order valence-electron chi connectivity index (χ0n) is 9.08. The van der Waals surface area contributed by atoms with Crippen molar-refractivity contribution in [2.75, 3.05) is 13.2 Å². The van der Waals surface area contributed by atoms with Crippen molar-refractivity contribution in [1.29, 1.82) is 0 Å². The lowest BCUT2D eigenvalue weighted by molar-refractivity contribution is -0.138. The number of aliphatic imine (C=N–C) groups is 1. The molecule has 2 amide bonds. The molecule has 0 saturated carbocycles. The smallest absolute Gasteiger partial charge is 0.340 e. The van der Waals surface area contributed by atoms with Gasteiger partial charge >= 0.3 is 12.0 Å². The van der Waals surface area contributed by atoms with Crippen LogP contribution in [0.1, 0.15) is 20.3 Å². The molecule has 0 saturated heterocycles. The number of hydrogen-bond donors (Lipinski definition) is 1. The maximum atomic E-state index is 10.9. The van der Waals surface area contributed by atoms with Crippen LogP contribution in [0.2, 0.25) is 0 Å². The van der Waals surface area contributed by atoms with Crippen LogP contribution in [-0.4, -0.2) is 31.4 Å². The summed E-state index contributed by atoms with van der Waals surface area (Å²) in [6.45, 7) is 7.24. The summed E-state index contributed by atoms with van der Waals surface area (Å²) in [6, 6.07) is -0.428. The van der Waals surface area contributed by atoms with Gasteiger partial charge in [-0.2, -0.15) is 0 Å². The predicted molar refractivity (Wildman–Crippen MR) is 58.0 cm³/mol. The number of hydrogen-bond acceptors (Lipinski definition) is 3. The molecular weight excluding hydrogens is 196 g/mol. The molecule has 0 aromatic rings. The molecule has 0 aliphatic carbocycles. The Morgan fingerprint density at radius 3 is 2.73 bits per heavy atom. The maximum absolute atomic E-state index is 10.9. The first-order valence-corrected chi connectivity index (χ1v) is 4.71. The van der Waals surface area contributed by atoms with Gasteiger partial charge < -0.3 is 10.1 Å². The molecule has 84 valence electrons. The van der Waals surface area contributed by atoms with Crippen LogP contribution in [0.3, 0.4) is 0 Å². The molecule has 0 fully saturated rings. The Hall–Kier alpha value is -1.65. The van der Waals surface area contributed by atoms with Crippen LogP contribution in [0.5, 0.6) is 0 Å². The molecule has 0 aliphatic rings. The number of rotatable bonds is 5. The summed E-state index contributed by atoms with van der Waals surface area (Å²) in [5.74, 6) is -0.457. The fourth-order valence-electron chi connectivity index (χ4n) is 0.645. The van der Waals surface area contributed by atoms with E-state index in [1.165, 1.54) is 6.21 Å². The van der Waals surface area contributed by atoms with Crippen LogP contribution in [-0.2, 0) is 9.53 Å². The number of ether oxygens (including phenoxy) is 1. The average molecular weight is 212 g/mol. The number of nitrogens with zero attached hydrogens (tertiary/aromatic N) is 1. The van der Waals surface area contributed by atoms with E-state index in [9.17, 15) is 9.59 Å².